The maximum absolute atomic E-state index is 12.3. The van der Waals surface area contributed by atoms with E-state index >= 15 is 0 Å². The Bertz CT molecular complexity index is 692. The summed E-state index contributed by atoms with van der Waals surface area (Å²) < 4.78 is 10.4. The van der Waals surface area contributed by atoms with E-state index in [0.717, 1.165) is 0 Å². The number of benzene rings is 1. The maximum atomic E-state index is 12.3. The summed E-state index contributed by atoms with van der Waals surface area (Å²) in [5.74, 6) is -2.43. The minimum absolute atomic E-state index is 0.101. The second kappa shape index (κ2) is 7.73. The van der Waals surface area contributed by atoms with E-state index in [4.69, 9.17) is 32.5 Å². The summed E-state index contributed by atoms with van der Waals surface area (Å²) in [6.45, 7) is 0. The molecule has 0 spiro atoms. The van der Waals surface area contributed by atoms with E-state index in [1.54, 1.807) is 0 Å². The average Bonchev–Trinajstić information content (AvgIpc) is 2.58. The highest BCUT2D eigenvalue weighted by molar-refractivity contribution is 6.32. The summed E-state index contributed by atoms with van der Waals surface area (Å²) in [7, 11) is 5.26. The van der Waals surface area contributed by atoms with Crippen LogP contribution in [0.1, 0.15) is 31.7 Å². The molecule has 9 nitrogen and oxygen atoms in total. The number of amides is 3. The smallest absolute Gasteiger partial charge is 0.257 e. The van der Waals surface area contributed by atoms with E-state index < -0.39 is 23.1 Å². The number of methoxy groups -OCH3 is 2. The van der Waals surface area contributed by atoms with Gasteiger partial charge < -0.3 is 31.6 Å². The molecule has 3 amide bonds. The van der Waals surface area contributed by atoms with Gasteiger partial charge in [-0.15, -0.1) is 11.6 Å². The second-order valence-electron chi connectivity index (χ2n) is 4.57. The number of alkyl halides is 1. The van der Waals surface area contributed by atoms with E-state index in [1.165, 1.54) is 28.3 Å². The number of hydrogen-bond acceptors (Lipinski definition) is 6. The lowest BCUT2D eigenvalue weighted by atomic mass is 9.94. The Labute approximate surface area is 143 Å². The van der Waals surface area contributed by atoms with E-state index in [2.05, 4.69) is 10.6 Å². The van der Waals surface area contributed by atoms with Gasteiger partial charge in [-0.1, -0.05) is 0 Å². The normalized spacial score (nSPS) is 11.4. The van der Waals surface area contributed by atoms with Crippen LogP contribution >= 0.6 is 11.6 Å². The van der Waals surface area contributed by atoms with Gasteiger partial charge in [-0.3, -0.25) is 14.4 Å². The van der Waals surface area contributed by atoms with Crippen molar-refractivity contribution in [2.75, 3.05) is 34.0 Å². The summed E-state index contributed by atoms with van der Waals surface area (Å²) in [4.78, 5) is 36.1. The van der Waals surface area contributed by atoms with Crippen molar-refractivity contribution >= 4 is 35.0 Å². The molecule has 0 bridgehead atoms. The highest BCUT2D eigenvalue weighted by Crippen LogP contribution is 2.45. The van der Waals surface area contributed by atoms with Crippen LogP contribution in [0, 0.1) is 0 Å². The van der Waals surface area contributed by atoms with Gasteiger partial charge in [0.05, 0.1) is 25.5 Å². The lowest BCUT2D eigenvalue weighted by Gasteiger charge is -2.23. The summed E-state index contributed by atoms with van der Waals surface area (Å²) in [6, 6.07) is 0. The van der Waals surface area contributed by atoms with Gasteiger partial charge >= 0.3 is 0 Å². The molecule has 10 heteroatoms. The maximum Gasteiger partial charge on any atom is 0.257 e. The zero-order chi connectivity index (χ0) is 18.6. The molecule has 1 aromatic rings. The third-order valence-electron chi connectivity index (χ3n) is 3.30. The fourth-order valence-electron chi connectivity index (χ4n) is 2.25. The van der Waals surface area contributed by atoms with Crippen LogP contribution in [0.4, 0.5) is 5.69 Å². The number of nitrogen functional groups attached to an aromatic ring is 1. The van der Waals surface area contributed by atoms with Crippen molar-refractivity contribution in [2.45, 2.75) is 5.38 Å². The van der Waals surface area contributed by atoms with Crippen LogP contribution < -0.4 is 31.6 Å². The Kier molecular flexibility index (Phi) is 6.24. The van der Waals surface area contributed by atoms with Crippen LogP contribution in [-0.4, -0.2) is 46.0 Å². The summed E-state index contributed by atoms with van der Waals surface area (Å²) >= 11 is 6.07. The van der Waals surface area contributed by atoms with Gasteiger partial charge in [-0.2, -0.15) is 0 Å². The molecule has 0 saturated heterocycles. The highest BCUT2D eigenvalue weighted by atomic mass is 35.5. The number of anilines is 1. The quantitative estimate of drug-likeness (QED) is 0.408. The number of rotatable bonds is 6. The topological polar surface area (TPSA) is 146 Å². The first-order valence-electron chi connectivity index (χ1n) is 6.71. The van der Waals surface area contributed by atoms with Crippen molar-refractivity contribution in [1.82, 2.24) is 10.6 Å². The first-order chi connectivity index (χ1) is 11.3. The van der Waals surface area contributed by atoms with Crippen LogP contribution in [0.2, 0.25) is 0 Å². The van der Waals surface area contributed by atoms with Crippen LogP contribution in [-0.2, 0) is 4.79 Å². The van der Waals surface area contributed by atoms with Crippen molar-refractivity contribution in [1.29, 1.82) is 0 Å². The van der Waals surface area contributed by atoms with E-state index in [1.807, 2.05) is 0 Å². The van der Waals surface area contributed by atoms with E-state index in [0.29, 0.717) is 0 Å². The SMILES string of the molecule is CNC(=O)c1c(N)c(OC)c(C(=O)NC)c(C(Cl)C(N)=O)c1OC. The van der Waals surface area contributed by atoms with E-state index in [9.17, 15) is 14.4 Å². The van der Waals surface area contributed by atoms with Gasteiger partial charge in [-0.05, 0) is 0 Å². The predicted molar refractivity (Wildman–Crippen MR) is 88.5 cm³/mol. The van der Waals surface area contributed by atoms with Crippen molar-refractivity contribution in [3.05, 3.63) is 16.7 Å². The molecule has 0 saturated carbocycles. The third kappa shape index (κ3) is 3.16. The molecule has 0 heterocycles. The second-order valence-corrected chi connectivity index (χ2v) is 5.00. The number of nitrogens with two attached hydrogens (primary N) is 2. The average molecular weight is 359 g/mol. The third-order valence-corrected chi connectivity index (χ3v) is 3.74. The first-order valence-corrected chi connectivity index (χ1v) is 7.15. The summed E-state index contributed by atoms with van der Waals surface area (Å²) in [6.07, 6.45) is 0. The monoisotopic (exact) mass is 358 g/mol. The Balaban J connectivity index is 4.08. The number of carbonyl (C=O) groups is 3. The number of halogens is 1. The number of hydrogen-bond donors (Lipinski definition) is 4. The van der Waals surface area contributed by atoms with Crippen molar-refractivity contribution in [3.8, 4) is 11.5 Å². The molecule has 1 rings (SSSR count). The number of carbonyl (C=O) groups excluding carboxylic acids is 3. The van der Waals surface area contributed by atoms with Crippen molar-refractivity contribution in [3.63, 3.8) is 0 Å². The molecule has 1 unspecified atom stereocenters. The van der Waals surface area contributed by atoms with Crippen molar-refractivity contribution < 1.29 is 23.9 Å². The van der Waals surface area contributed by atoms with Gasteiger partial charge in [0.25, 0.3) is 11.8 Å². The minimum Gasteiger partial charge on any atom is -0.495 e. The first kappa shape index (κ1) is 19.4. The number of ether oxygens (including phenoxy) is 2. The molecule has 1 atom stereocenters. The molecular formula is C14H19ClN4O5. The molecule has 132 valence electrons. The van der Waals surface area contributed by atoms with Crippen LogP contribution in [0.25, 0.3) is 0 Å². The lowest BCUT2D eigenvalue weighted by Crippen LogP contribution is -2.28. The standard InChI is InChI=1S/C14H19ClN4O5/c1-18-13(21)6-5(8(15)12(17)20)10(23-3)7(14(22)19-2)9(16)11(6)24-4/h8H,16H2,1-4H3,(H2,17,20)(H,18,21)(H,19,22). The zero-order valence-corrected chi connectivity index (χ0v) is 14.4. The van der Waals surface area contributed by atoms with Crippen LogP contribution in [0.5, 0.6) is 11.5 Å². The largest absolute Gasteiger partial charge is 0.495 e. The Morgan fingerprint density at radius 1 is 1.00 bits per heavy atom. The van der Waals surface area contributed by atoms with Crippen molar-refractivity contribution in [2.24, 2.45) is 5.73 Å². The molecule has 1 aromatic carbocycles. The predicted octanol–water partition coefficient (Wildman–Crippen LogP) is -0.230. The summed E-state index contributed by atoms with van der Waals surface area (Å²) in [5, 5.41) is 3.33. The lowest BCUT2D eigenvalue weighted by molar-refractivity contribution is -0.117. The number of nitrogens with one attached hydrogen (secondary N) is 2. The molecule has 0 aliphatic heterocycles. The Hall–Kier alpha value is -2.68. The van der Waals surface area contributed by atoms with E-state index in [-0.39, 0.29) is 33.9 Å². The molecule has 0 aliphatic carbocycles. The fourth-order valence-corrected chi connectivity index (χ4v) is 2.46. The van der Waals surface area contributed by atoms with Gasteiger partial charge in [0.15, 0.2) is 5.75 Å². The van der Waals surface area contributed by atoms with Gasteiger partial charge in [0, 0.05) is 19.7 Å². The molecule has 0 fully saturated rings. The Morgan fingerprint density at radius 3 is 1.83 bits per heavy atom. The zero-order valence-electron chi connectivity index (χ0n) is 13.7. The molecule has 6 N–H and O–H groups in total. The summed E-state index contributed by atoms with van der Waals surface area (Å²) in [5.41, 5.74) is 10.7. The van der Waals surface area contributed by atoms with Gasteiger partial charge in [-0.25, -0.2) is 0 Å². The number of primary amides is 1. The molecule has 0 aliphatic rings. The molecule has 0 radical (unpaired) electrons. The molecular weight excluding hydrogens is 340 g/mol. The fraction of sp³-hybridized carbons (Fsp3) is 0.357. The Morgan fingerprint density at radius 2 is 1.46 bits per heavy atom. The van der Waals surface area contributed by atoms with Crippen LogP contribution in [0.3, 0.4) is 0 Å². The highest BCUT2D eigenvalue weighted by Gasteiger charge is 2.35. The minimum atomic E-state index is -1.45. The van der Waals surface area contributed by atoms with Gasteiger partial charge in [0.1, 0.15) is 16.7 Å². The van der Waals surface area contributed by atoms with Crippen LogP contribution in [0.15, 0.2) is 0 Å². The molecule has 0 aromatic heterocycles. The van der Waals surface area contributed by atoms with Gasteiger partial charge in [0.2, 0.25) is 5.91 Å². The molecule has 24 heavy (non-hydrogen) atoms.